The zero-order valence-corrected chi connectivity index (χ0v) is 8.97. The van der Waals surface area contributed by atoms with E-state index in [1.165, 1.54) is 0 Å². The van der Waals surface area contributed by atoms with Crippen LogP contribution >= 0.6 is 12.6 Å². The van der Waals surface area contributed by atoms with E-state index in [9.17, 15) is 0 Å². The topological polar surface area (TPSA) is 39.9 Å². The van der Waals surface area contributed by atoms with Crippen LogP contribution < -0.4 is 4.74 Å². The fourth-order valence-electron chi connectivity index (χ4n) is 1.16. The first-order valence-corrected chi connectivity index (χ1v) is 5.24. The molecule has 0 saturated carbocycles. The van der Waals surface area contributed by atoms with Gasteiger partial charge in [0, 0.05) is 5.75 Å². The Morgan fingerprint density at radius 2 is 2.07 bits per heavy atom. The van der Waals surface area contributed by atoms with Gasteiger partial charge in [0.1, 0.15) is 12.9 Å². The van der Waals surface area contributed by atoms with Crippen LogP contribution in [0.5, 0.6) is 6.01 Å². The van der Waals surface area contributed by atoms with Crippen LogP contribution in [0.25, 0.3) is 5.69 Å². The van der Waals surface area contributed by atoms with Crippen LogP contribution in [0.3, 0.4) is 0 Å². The van der Waals surface area contributed by atoms with Gasteiger partial charge in [-0.15, -0.1) is 5.10 Å². The molecule has 2 rings (SSSR count). The van der Waals surface area contributed by atoms with E-state index in [1.807, 2.05) is 30.3 Å². The minimum Gasteiger partial charge on any atom is -0.462 e. The predicted octanol–water partition coefficient (Wildman–Crippen LogP) is 1.58. The number of hydrogen-bond donors (Lipinski definition) is 1. The van der Waals surface area contributed by atoms with Gasteiger partial charge in [0.15, 0.2) is 0 Å². The average molecular weight is 221 g/mol. The molecule has 0 aliphatic carbocycles. The highest BCUT2D eigenvalue weighted by molar-refractivity contribution is 7.80. The zero-order valence-electron chi connectivity index (χ0n) is 8.08. The summed E-state index contributed by atoms with van der Waals surface area (Å²) in [7, 11) is 0. The zero-order chi connectivity index (χ0) is 10.5. The number of para-hydroxylation sites is 1. The number of nitrogens with zero attached hydrogens (tertiary/aromatic N) is 3. The highest BCUT2D eigenvalue weighted by atomic mass is 32.1. The summed E-state index contributed by atoms with van der Waals surface area (Å²) in [6, 6.07) is 10.1. The van der Waals surface area contributed by atoms with E-state index in [0.29, 0.717) is 18.4 Å². The van der Waals surface area contributed by atoms with E-state index in [2.05, 4.69) is 22.7 Å². The Bertz CT molecular complexity index is 416. The summed E-state index contributed by atoms with van der Waals surface area (Å²) in [4.78, 5) is 4.03. The lowest BCUT2D eigenvalue weighted by Gasteiger charge is -1.98. The van der Waals surface area contributed by atoms with Crippen LogP contribution in [0.2, 0.25) is 0 Å². The van der Waals surface area contributed by atoms with E-state index in [4.69, 9.17) is 4.74 Å². The lowest BCUT2D eigenvalue weighted by Crippen LogP contribution is -2.00. The van der Waals surface area contributed by atoms with E-state index >= 15 is 0 Å². The Balaban J connectivity index is 2.14. The molecule has 1 heterocycles. The van der Waals surface area contributed by atoms with Crippen molar-refractivity contribution >= 4 is 12.6 Å². The molecule has 0 bridgehead atoms. The molecule has 0 unspecified atom stereocenters. The fourth-order valence-corrected chi connectivity index (χ4v) is 1.25. The monoisotopic (exact) mass is 221 g/mol. The van der Waals surface area contributed by atoms with Crippen LogP contribution in [0, 0.1) is 0 Å². The SMILES string of the molecule is SCCOc1ncn(-c2ccccc2)n1. The molecule has 0 atom stereocenters. The molecule has 1 aromatic heterocycles. The van der Waals surface area contributed by atoms with Crippen molar-refractivity contribution in [2.24, 2.45) is 0 Å². The second-order valence-corrected chi connectivity index (χ2v) is 3.33. The number of benzene rings is 1. The minimum absolute atomic E-state index is 0.382. The van der Waals surface area contributed by atoms with Crippen LogP contribution in [0.15, 0.2) is 36.7 Å². The third-order valence-corrected chi connectivity index (χ3v) is 2.00. The number of ether oxygens (including phenoxy) is 1. The molecule has 0 radical (unpaired) electrons. The summed E-state index contributed by atoms with van der Waals surface area (Å²) in [5.41, 5.74) is 0.964. The maximum absolute atomic E-state index is 5.24. The van der Waals surface area contributed by atoms with Crippen molar-refractivity contribution in [3.8, 4) is 11.7 Å². The van der Waals surface area contributed by atoms with Crippen LogP contribution in [-0.2, 0) is 0 Å². The molecular formula is C10H11N3OS. The third kappa shape index (κ3) is 2.50. The summed E-state index contributed by atoms with van der Waals surface area (Å²) >= 11 is 4.04. The Hall–Kier alpha value is -1.49. The minimum atomic E-state index is 0.382. The molecule has 78 valence electrons. The predicted molar refractivity (Wildman–Crippen MR) is 60.7 cm³/mol. The van der Waals surface area contributed by atoms with Crippen molar-refractivity contribution in [3.63, 3.8) is 0 Å². The number of thiol groups is 1. The normalized spacial score (nSPS) is 10.2. The molecule has 5 heteroatoms. The fraction of sp³-hybridized carbons (Fsp3) is 0.200. The highest BCUT2D eigenvalue weighted by Crippen LogP contribution is 2.07. The molecule has 0 spiro atoms. The molecule has 2 aromatic rings. The molecule has 15 heavy (non-hydrogen) atoms. The van der Waals surface area contributed by atoms with Crippen LogP contribution in [0.4, 0.5) is 0 Å². The van der Waals surface area contributed by atoms with Gasteiger partial charge in [0.05, 0.1) is 5.69 Å². The summed E-state index contributed by atoms with van der Waals surface area (Å²) in [6.07, 6.45) is 1.63. The van der Waals surface area contributed by atoms with Gasteiger partial charge < -0.3 is 4.74 Å². The summed E-state index contributed by atoms with van der Waals surface area (Å²) in [6.45, 7) is 0.516. The van der Waals surface area contributed by atoms with Crippen LogP contribution in [-0.4, -0.2) is 27.1 Å². The van der Waals surface area contributed by atoms with E-state index in [1.54, 1.807) is 11.0 Å². The molecule has 1 aromatic carbocycles. The largest absolute Gasteiger partial charge is 0.462 e. The van der Waals surface area contributed by atoms with Gasteiger partial charge in [-0.2, -0.15) is 17.6 Å². The van der Waals surface area contributed by atoms with Crippen molar-refractivity contribution in [1.29, 1.82) is 0 Å². The Labute approximate surface area is 93.3 Å². The maximum Gasteiger partial charge on any atom is 0.335 e. The van der Waals surface area contributed by atoms with Crippen molar-refractivity contribution in [3.05, 3.63) is 36.7 Å². The van der Waals surface area contributed by atoms with Gasteiger partial charge in [0.25, 0.3) is 0 Å². The standard InChI is InChI=1S/C10H11N3OS/c15-7-6-14-10-11-8-13(12-10)9-4-2-1-3-5-9/h1-5,8,15H,6-7H2. The first-order valence-electron chi connectivity index (χ1n) is 4.61. The van der Waals surface area contributed by atoms with Crippen LogP contribution in [0.1, 0.15) is 0 Å². The molecule has 4 nitrogen and oxygen atoms in total. The summed E-state index contributed by atoms with van der Waals surface area (Å²) in [5, 5.41) is 4.17. The van der Waals surface area contributed by atoms with Gasteiger partial charge >= 0.3 is 6.01 Å². The highest BCUT2D eigenvalue weighted by Gasteiger charge is 2.01. The molecule has 0 aliphatic rings. The maximum atomic E-state index is 5.24. The number of hydrogen-bond acceptors (Lipinski definition) is 4. The lowest BCUT2D eigenvalue weighted by atomic mass is 10.3. The van der Waals surface area contributed by atoms with Gasteiger partial charge in [-0.1, -0.05) is 18.2 Å². The van der Waals surface area contributed by atoms with Gasteiger partial charge in [-0.3, -0.25) is 0 Å². The first kappa shape index (κ1) is 10.0. The molecule has 0 saturated heterocycles. The molecule has 0 N–H and O–H groups in total. The van der Waals surface area contributed by atoms with E-state index in [-0.39, 0.29) is 0 Å². The molecular weight excluding hydrogens is 210 g/mol. The molecule has 0 fully saturated rings. The Kier molecular flexibility index (Phi) is 3.24. The quantitative estimate of drug-likeness (QED) is 0.797. The summed E-state index contributed by atoms with van der Waals surface area (Å²) in [5.74, 6) is 0.653. The van der Waals surface area contributed by atoms with E-state index < -0.39 is 0 Å². The first-order chi connectivity index (χ1) is 7.40. The van der Waals surface area contributed by atoms with Gasteiger partial charge in [0.2, 0.25) is 0 Å². The lowest BCUT2D eigenvalue weighted by molar-refractivity contribution is 0.316. The summed E-state index contributed by atoms with van der Waals surface area (Å²) < 4.78 is 6.91. The smallest absolute Gasteiger partial charge is 0.335 e. The van der Waals surface area contributed by atoms with Crippen molar-refractivity contribution in [2.75, 3.05) is 12.4 Å². The second kappa shape index (κ2) is 4.84. The van der Waals surface area contributed by atoms with Crippen molar-refractivity contribution < 1.29 is 4.74 Å². The third-order valence-electron chi connectivity index (χ3n) is 1.81. The second-order valence-electron chi connectivity index (χ2n) is 2.88. The Morgan fingerprint density at radius 1 is 1.27 bits per heavy atom. The number of rotatable bonds is 4. The van der Waals surface area contributed by atoms with Crippen molar-refractivity contribution in [1.82, 2.24) is 14.8 Å². The molecule has 0 aliphatic heterocycles. The number of aromatic nitrogens is 3. The Morgan fingerprint density at radius 3 is 2.80 bits per heavy atom. The average Bonchev–Trinajstić information content (AvgIpc) is 2.76. The molecule has 0 amide bonds. The van der Waals surface area contributed by atoms with Gasteiger partial charge in [-0.25, -0.2) is 4.68 Å². The van der Waals surface area contributed by atoms with E-state index in [0.717, 1.165) is 5.69 Å². The van der Waals surface area contributed by atoms with Gasteiger partial charge in [-0.05, 0) is 12.1 Å². The van der Waals surface area contributed by atoms with Crippen molar-refractivity contribution in [2.45, 2.75) is 0 Å².